The van der Waals surface area contributed by atoms with Gasteiger partial charge in [-0.2, -0.15) is 0 Å². The van der Waals surface area contributed by atoms with Crippen molar-refractivity contribution in [3.05, 3.63) is 36.5 Å². The lowest BCUT2D eigenvalue weighted by Gasteiger charge is -2.07. The molecule has 0 aliphatic heterocycles. The molecule has 0 unspecified atom stereocenters. The molecule has 0 saturated heterocycles. The van der Waals surface area contributed by atoms with Crippen LogP contribution >= 0.6 is 0 Å². The van der Waals surface area contributed by atoms with Gasteiger partial charge in [0.1, 0.15) is 4.90 Å². The van der Waals surface area contributed by atoms with Crippen LogP contribution in [0.25, 0.3) is 0 Å². The van der Waals surface area contributed by atoms with E-state index in [1.54, 1.807) is 17.8 Å². The Hall–Kier alpha value is -2.42. The highest BCUT2D eigenvalue weighted by molar-refractivity contribution is 7.92. The van der Waals surface area contributed by atoms with Gasteiger partial charge in [-0.05, 0) is 6.07 Å². The predicted molar refractivity (Wildman–Crippen MR) is 65.2 cm³/mol. The maximum absolute atomic E-state index is 12.0. The highest BCUT2D eigenvalue weighted by Gasteiger charge is 2.20. The topological polar surface area (TPSA) is 114 Å². The summed E-state index contributed by atoms with van der Waals surface area (Å²) in [5.41, 5.74) is -0.456. The Labute approximate surface area is 108 Å². The summed E-state index contributed by atoms with van der Waals surface area (Å²) in [4.78, 5) is 18.2. The lowest BCUT2D eigenvalue weighted by molar-refractivity contribution is 0.0691. The van der Waals surface area contributed by atoms with E-state index in [1.165, 1.54) is 24.7 Å². The minimum atomic E-state index is -3.89. The predicted octanol–water partition coefficient (Wildman–Crippen LogP) is 0.314. The molecule has 0 spiro atoms. The quantitative estimate of drug-likeness (QED) is 0.834. The first-order valence-electron chi connectivity index (χ1n) is 5.09. The van der Waals surface area contributed by atoms with Gasteiger partial charge >= 0.3 is 5.97 Å². The number of hydrogen-bond donors (Lipinski definition) is 2. The summed E-state index contributed by atoms with van der Waals surface area (Å²) >= 11 is 0. The zero-order valence-electron chi connectivity index (χ0n) is 9.81. The van der Waals surface area contributed by atoms with Crippen LogP contribution in [0.4, 0.5) is 5.82 Å². The molecular formula is C10H10N4O4S. The molecule has 0 radical (unpaired) electrons. The first-order valence-corrected chi connectivity index (χ1v) is 6.57. The standard InChI is InChI=1S/C10H10N4O4S/c1-14-5-2-7(6-14)19(17,18)13-9-8(10(15)16)11-3-4-12-9/h2-6H,1H3,(H,12,13)(H,15,16). The Morgan fingerprint density at radius 2 is 2.05 bits per heavy atom. The molecule has 0 bridgehead atoms. The number of rotatable bonds is 4. The number of hydrogen-bond acceptors (Lipinski definition) is 5. The summed E-state index contributed by atoms with van der Waals surface area (Å²) in [6.07, 6.45) is 5.32. The van der Waals surface area contributed by atoms with Gasteiger partial charge in [0.25, 0.3) is 10.0 Å². The molecule has 0 atom stereocenters. The van der Waals surface area contributed by atoms with Gasteiger partial charge in [0.2, 0.25) is 0 Å². The van der Waals surface area contributed by atoms with E-state index < -0.39 is 21.7 Å². The number of aromatic nitrogens is 3. The SMILES string of the molecule is Cn1ccc(S(=O)(=O)Nc2nccnc2C(=O)O)c1. The highest BCUT2D eigenvalue weighted by atomic mass is 32.2. The molecule has 0 amide bonds. The van der Waals surface area contributed by atoms with Gasteiger partial charge in [0.15, 0.2) is 11.5 Å². The van der Waals surface area contributed by atoms with Gasteiger partial charge in [0.05, 0.1) is 0 Å². The minimum absolute atomic E-state index is 0.0111. The van der Waals surface area contributed by atoms with E-state index in [2.05, 4.69) is 14.7 Å². The third kappa shape index (κ3) is 2.71. The molecule has 0 saturated carbocycles. The Morgan fingerprint density at radius 3 is 2.63 bits per heavy atom. The molecule has 2 rings (SSSR count). The van der Waals surface area contributed by atoms with Gasteiger partial charge in [-0.3, -0.25) is 4.72 Å². The Bertz CT molecular complexity index is 723. The normalized spacial score (nSPS) is 11.2. The molecule has 19 heavy (non-hydrogen) atoms. The van der Waals surface area contributed by atoms with Gasteiger partial charge in [0, 0.05) is 31.8 Å². The summed E-state index contributed by atoms with van der Waals surface area (Å²) in [6, 6.07) is 1.39. The van der Waals surface area contributed by atoms with Gasteiger partial charge in [-0.25, -0.2) is 23.2 Å². The lowest BCUT2D eigenvalue weighted by Crippen LogP contribution is -2.17. The average molecular weight is 282 g/mol. The van der Waals surface area contributed by atoms with E-state index in [4.69, 9.17) is 5.11 Å². The molecular weight excluding hydrogens is 272 g/mol. The van der Waals surface area contributed by atoms with Gasteiger partial charge in [-0.1, -0.05) is 0 Å². The van der Waals surface area contributed by atoms with Crippen LogP contribution < -0.4 is 4.72 Å². The monoisotopic (exact) mass is 282 g/mol. The molecule has 100 valence electrons. The van der Waals surface area contributed by atoms with Gasteiger partial charge in [-0.15, -0.1) is 0 Å². The fraction of sp³-hybridized carbons (Fsp3) is 0.100. The Balaban J connectivity index is 2.39. The third-order valence-electron chi connectivity index (χ3n) is 2.25. The number of carboxylic acids is 1. The highest BCUT2D eigenvalue weighted by Crippen LogP contribution is 2.16. The minimum Gasteiger partial charge on any atom is -0.476 e. The van der Waals surface area contributed by atoms with E-state index in [0.717, 1.165) is 0 Å². The number of aromatic carboxylic acids is 1. The zero-order valence-corrected chi connectivity index (χ0v) is 10.6. The maximum Gasteiger partial charge on any atom is 0.358 e. The van der Waals surface area contributed by atoms with Crippen molar-refractivity contribution in [3.63, 3.8) is 0 Å². The Kier molecular flexibility index (Phi) is 3.21. The summed E-state index contributed by atoms with van der Waals surface area (Å²) in [5, 5.41) is 8.90. The average Bonchev–Trinajstić information content (AvgIpc) is 2.76. The van der Waals surface area contributed by atoms with Crippen LogP contribution in [0.1, 0.15) is 10.5 Å². The van der Waals surface area contributed by atoms with E-state index in [1.807, 2.05) is 0 Å². The smallest absolute Gasteiger partial charge is 0.358 e. The van der Waals surface area contributed by atoms with E-state index in [-0.39, 0.29) is 10.7 Å². The van der Waals surface area contributed by atoms with Crippen molar-refractivity contribution >= 4 is 21.8 Å². The number of aryl methyl sites for hydroxylation is 1. The Morgan fingerprint density at radius 1 is 1.37 bits per heavy atom. The molecule has 2 aromatic heterocycles. The third-order valence-corrected chi connectivity index (χ3v) is 3.57. The van der Waals surface area contributed by atoms with Crippen LogP contribution in [0, 0.1) is 0 Å². The molecule has 2 heterocycles. The van der Waals surface area contributed by atoms with Crippen LogP contribution in [0.3, 0.4) is 0 Å². The van der Waals surface area contributed by atoms with Crippen molar-refractivity contribution in [2.45, 2.75) is 4.90 Å². The van der Waals surface area contributed by atoms with Crippen LogP contribution in [0.2, 0.25) is 0 Å². The van der Waals surface area contributed by atoms with Crippen molar-refractivity contribution < 1.29 is 18.3 Å². The summed E-state index contributed by atoms with van der Waals surface area (Å²) < 4.78 is 27.7. The summed E-state index contributed by atoms with van der Waals surface area (Å²) in [5.74, 6) is -1.68. The molecule has 0 aromatic carbocycles. The fourth-order valence-electron chi connectivity index (χ4n) is 1.39. The van der Waals surface area contributed by atoms with Gasteiger partial charge < -0.3 is 9.67 Å². The van der Waals surface area contributed by atoms with E-state index in [0.29, 0.717) is 0 Å². The maximum atomic E-state index is 12.0. The van der Waals surface area contributed by atoms with Crippen molar-refractivity contribution in [2.75, 3.05) is 4.72 Å². The number of nitrogens with one attached hydrogen (secondary N) is 1. The van der Waals surface area contributed by atoms with Crippen molar-refractivity contribution in [1.82, 2.24) is 14.5 Å². The van der Waals surface area contributed by atoms with Crippen molar-refractivity contribution in [2.24, 2.45) is 7.05 Å². The second-order valence-electron chi connectivity index (χ2n) is 3.68. The fourth-order valence-corrected chi connectivity index (χ4v) is 2.46. The number of carbonyl (C=O) groups is 1. The van der Waals surface area contributed by atoms with Crippen molar-refractivity contribution in [1.29, 1.82) is 0 Å². The second kappa shape index (κ2) is 4.69. The van der Waals surface area contributed by atoms with Crippen LogP contribution in [-0.2, 0) is 17.1 Å². The molecule has 8 nitrogen and oxygen atoms in total. The molecule has 0 aliphatic carbocycles. The zero-order chi connectivity index (χ0) is 14.0. The largest absolute Gasteiger partial charge is 0.476 e. The number of anilines is 1. The summed E-state index contributed by atoms with van der Waals surface area (Å²) in [7, 11) is -2.21. The molecule has 9 heteroatoms. The lowest BCUT2D eigenvalue weighted by atomic mass is 10.4. The van der Waals surface area contributed by atoms with Crippen LogP contribution in [0.5, 0.6) is 0 Å². The first-order chi connectivity index (χ1) is 8.90. The molecule has 0 fully saturated rings. The van der Waals surface area contributed by atoms with Crippen molar-refractivity contribution in [3.8, 4) is 0 Å². The number of carboxylic acid groups (broad SMARTS) is 1. The second-order valence-corrected chi connectivity index (χ2v) is 5.36. The summed E-state index contributed by atoms with van der Waals surface area (Å²) in [6.45, 7) is 0. The molecule has 2 N–H and O–H groups in total. The first kappa shape index (κ1) is 13.0. The number of nitrogens with zero attached hydrogens (tertiary/aromatic N) is 3. The molecule has 0 aliphatic rings. The van der Waals surface area contributed by atoms with Crippen LogP contribution in [0.15, 0.2) is 35.7 Å². The van der Waals surface area contributed by atoms with Crippen LogP contribution in [-0.4, -0.2) is 34.0 Å². The van der Waals surface area contributed by atoms with E-state index in [9.17, 15) is 13.2 Å². The number of sulfonamides is 1. The molecule has 2 aromatic rings. The van der Waals surface area contributed by atoms with E-state index >= 15 is 0 Å².